The van der Waals surface area contributed by atoms with Gasteiger partial charge in [-0.1, -0.05) is 0 Å². The van der Waals surface area contributed by atoms with E-state index in [1.54, 1.807) is 0 Å². The molecule has 0 spiro atoms. The fourth-order valence-electron chi connectivity index (χ4n) is 3.26. The lowest BCUT2D eigenvalue weighted by atomic mass is 9.86. The van der Waals surface area contributed by atoms with E-state index in [0.717, 1.165) is 62.9 Å². The van der Waals surface area contributed by atoms with Crippen LogP contribution in [0.2, 0.25) is 0 Å². The molecular weight excluding hydrogens is 282 g/mol. The zero-order valence-corrected chi connectivity index (χ0v) is 13.2. The summed E-state index contributed by atoms with van der Waals surface area (Å²) in [5.74, 6) is -0.101. The van der Waals surface area contributed by atoms with Gasteiger partial charge >= 0.3 is 0 Å². The van der Waals surface area contributed by atoms with Crippen molar-refractivity contribution in [3.05, 3.63) is 27.2 Å². The van der Waals surface area contributed by atoms with Crippen LogP contribution < -0.4 is 10.9 Å². The Labute approximate surface area is 130 Å². The maximum absolute atomic E-state index is 11.8. The predicted molar refractivity (Wildman–Crippen MR) is 84.1 cm³/mol. The Morgan fingerprint density at radius 1 is 1.23 bits per heavy atom. The number of fused-ring (bicyclic) bond motifs is 1. The fourth-order valence-corrected chi connectivity index (χ4v) is 3.26. The van der Waals surface area contributed by atoms with Crippen molar-refractivity contribution in [2.75, 3.05) is 13.1 Å². The first-order chi connectivity index (χ1) is 10.6. The molecule has 3 N–H and O–H groups in total. The molecule has 0 atom stereocenters. The van der Waals surface area contributed by atoms with Crippen LogP contribution in [0.25, 0.3) is 0 Å². The number of aliphatic carboxylic acids is 1. The van der Waals surface area contributed by atoms with Crippen molar-refractivity contribution in [3.63, 3.8) is 0 Å². The Hall–Kier alpha value is -1.69. The van der Waals surface area contributed by atoms with E-state index < -0.39 is 5.97 Å². The number of carbonyl (C=O) groups is 1. The normalized spacial score (nSPS) is 18.0. The largest absolute Gasteiger partial charge is 0.481 e. The van der Waals surface area contributed by atoms with Crippen LogP contribution in [-0.2, 0) is 24.1 Å². The first-order valence-corrected chi connectivity index (χ1v) is 8.07. The third-order valence-corrected chi connectivity index (χ3v) is 4.32. The first-order valence-electron chi connectivity index (χ1n) is 8.07. The number of rotatable bonds is 2. The Kier molecular flexibility index (Phi) is 6.12. The maximum atomic E-state index is 11.8. The van der Waals surface area contributed by atoms with Crippen molar-refractivity contribution in [2.24, 2.45) is 5.92 Å². The second-order valence-corrected chi connectivity index (χ2v) is 6.08. The topological polar surface area (TPSA) is 95.1 Å². The summed E-state index contributed by atoms with van der Waals surface area (Å²) in [7, 11) is 0. The number of carboxylic acids is 1. The van der Waals surface area contributed by atoms with E-state index in [-0.39, 0.29) is 5.56 Å². The van der Waals surface area contributed by atoms with E-state index in [9.17, 15) is 4.79 Å². The second-order valence-electron chi connectivity index (χ2n) is 6.08. The van der Waals surface area contributed by atoms with Gasteiger partial charge in [0.25, 0.3) is 11.5 Å². The minimum absolute atomic E-state index is 0.0405. The van der Waals surface area contributed by atoms with Gasteiger partial charge in [-0.3, -0.25) is 9.59 Å². The molecule has 3 rings (SSSR count). The number of nitrogens with one attached hydrogen (secondary N) is 2. The monoisotopic (exact) mass is 307 g/mol. The molecule has 2 aliphatic rings. The molecule has 122 valence electrons. The van der Waals surface area contributed by atoms with Gasteiger partial charge in [-0.15, -0.1) is 0 Å². The van der Waals surface area contributed by atoms with Crippen molar-refractivity contribution in [2.45, 2.75) is 51.9 Å². The summed E-state index contributed by atoms with van der Waals surface area (Å²) >= 11 is 0. The second kappa shape index (κ2) is 8.08. The molecule has 0 aromatic carbocycles. The summed E-state index contributed by atoms with van der Waals surface area (Å²) in [5, 5.41) is 17.8. The lowest BCUT2D eigenvalue weighted by molar-refractivity contribution is -0.134. The molecule has 0 unspecified atom stereocenters. The average molecular weight is 307 g/mol. The third-order valence-electron chi connectivity index (χ3n) is 4.32. The summed E-state index contributed by atoms with van der Waals surface area (Å²) in [6.45, 7) is 3.33. The number of hydrogen-bond acceptors (Lipinski definition) is 4. The SMILES string of the molecule is CC(=O)O.O=c1[nH]nc(CC2CCNCC2)c2c1CCCC2. The summed E-state index contributed by atoms with van der Waals surface area (Å²) in [4.78, 5) is 20.8. The highest BCUT2D eigenvalue weighted by molar-refractivity contribution is 5.62. The van der Waals surface area contributed by atoms with Crippen LogP contribution in [0.3, 0.4) is 0 Å². The first kappa shape index (κ1) is 16.7. The molecule has 1 aliphatic heterocycles. The highest BCUT2D eigenvalue weighted by Crippen LogP contribution is 2.24. The van der Waals surface area contributed by atoms with Crippen molar-refractivity contribution in [3.8, 4) is 0 Å². The molecule has 22 heavy (non-hydrogen) atoms. The van der Waals surface area contributed by atoms with Gasteiger partial charge in [0.2, 0.25) is 0 Å². The molecule has 1 fully saturated rings. The molecule has 1 saturated heterocycles. The van der Waals surface area contributed by atoms with Crippen LogP contribution in [0, 0.1) is 5.92 Å². The number of aromatic amines is 1. The van der Waals surface area contributed by atoms with Gasteiger partial charge in [0.1, 0.15) is 0 Å². The zero-order chi connectivity index (χ0) is 15.9. The molecule has 1 aromatic heterocycles. The van der Waals surface area contributed by atoms with Crippen molar-refractivity contribution in [1.29, 1.82) is 0 Å². The summed E-state index contributed by atoms with van der Waals surface area (Å²) in [6, 6.07) is 0. The molecule has 2 heterocycles. The lowest BCUT2D eigenvalue weighted by Gasteiger charge is -2.24. The molecule has 0 saturated carbocycles. The van der Waals surface area contributed by atoms with E-state index in [2.05, 4.69) is 15.5 Å². The molecule has 1 aromatic rings. The highest BCUT2D eigenvalue weighted by Gasteiger charge is 2.21. The highest BCUT2D eigenvalue weighted by atomic mass is 16.4. The molecule has 0 radical (unpaired) electrons. The quantitative estimate of drug-likeness (QED) is 0.765. The number of nitrogens with zero attached hydrogens (tertiary/aromatic N) is 1. The van der Waals surface area contributed by atoms with Gasteiger partial charge in [-0.2, -0.15) is 5.10 Å². The van der Waals surface area contributed by atoms with E-state index in [0.29, 0.717) is 0 Å². The van der Waals surface area contributed by atoms with E-state index >= 15 is 0 Å². The Morgan fingerprint density at radius 3 is 2.45 bits per heavy atom. The van der Waals surface area contributed by atoms with Crippen molar-refractivity contribution < 1.29 is 9.90 Å². The summed E-state index contributed by atoms with van der Waals surface area (Å²) < 4.78 is 0. The number of hydrogen-bond donors (Lipinski definition) is 3. The van der Waals surface area contributed by atoms with Crippen LogP contribution in [0.5, 0.6) is 0 Å². The van der Waals surface area contributed by atoms with Crippen molar-refractivity contribution >= 4 is 5.97 Å². The Morgan fingerprint density at radius 2 is 1.82 bits per heavy atom. The van der Waals surface area contributed by atoms with Crippen LogP contribution in [-0.4, -0.2) is 34.4 Å². The zero-order valence-electron chi connectivity index (χ0n) is 13.2. The molecule has 6 nitrogen and oxygen atoms in total. The van der Waals surface area contributed by atoms with Crippen molar-refractivity contribution in [1.82, 2.24) is 15.5 Å². The molecule has 6 heteroatoms. The van der Waals surface area contributed by atoms with E-state index in [1.165, 1.54) is 24.8 Å². The Bertz CT molecular complexity index is 558. The van der Waals surface area contributed by atoms with Crippen LogP contribution in [0.1, 0.15) is 49.4 Å². The lowest BCUT2D eigenvalue weighted by Crippen LogP contribution is -2.30. The smallest absolute Gasteiger partial charge is 0.300 e. The van der Waals surface area contributed by atoms with Crippen LogP contribution in [0.15, 0.2) is 4.79 Å². The van der Waals surface area contributed by atoms with Gasteiger partial charge in [0, 0.05) is 12.5 Å². The van der Waals surface area contributed by atoms with E-state index in [4.69, 9.17) is 9.90 Å². The molecule has 0 amide bonds. The standard InChI is InChI=1S/C14H21N3O.C2H4O2/c18-14-12-4-2-1-3-11(12)13(16-17-14)9-10-5-7-15-8-6-10;1-2(3)4/h10,15H,1-9H2,(H,17,18);1H3,(H,3,4). The summed E-state index contributed by atoms with van der Waals surface area (Å²) in [6.07, 6.45) is 7.84. The Balaban J connectivity index is 0.000000396. The number of carboxylic acid groups (broad SMARTS) is 1. The van der Waals surface area contributed by atoms with E-state index in [1.807, 2.05) is 0 Å². The number of H-pyrrole nitrogens is 1. The minimum Gasteiger partial charge on any atom is -0.481 e. The molecular formula is C16H25N3O3. The summed E-state index contributed by atoms with van der Waals surface area (Å²) in [5.41, 5.74) is 3.48. The number of aromatic nitrogens is 2. The average Bonchev–Trinajstić information content (AvgIpc) is 2.51. The minimum atomic E-state index is -0.833. The predicted octanol–water partition coefficient (Wildman–Crippen LogP) is 1.28. The van der Waals surface area contributed by atoms with Gasteiger partial charge in [0.05, 0.1) is 5.69 Å². The molecule has 1 aliphatic carbocycles. The van der Waals surface area contributed by atoms with Gasteiger partial charge in [-0.25, -0.2) is 5.10 Å². The van der Waals surface area contributed by atoms with Crippen LogP contribution >= 0.6 is 0 Å². The maximum Gasteiger partial charge on any atom is 0.300 e. The third kappa shape index (κ3) is 4.66. The fraction of sp³-hybridized carbons (Fsp3) is 0.688. The molecule has 0 bridgehead atoms. The van der Waals surface area contributed by atoms with Gasteiger partial charge in [0.15, 0.2) is 0 Å². The number of piperidine rings is 1. The van der Waals surface area contributed by atoms with Gasteiger partial charge in [-0.05, 0) is 69.5 Å². The van der Waals surface area contributed by atoms with Gasteiger partial charge < -0.3 is 10.4 Å². The van der Waals surface area contributed by atoms with Crippen LogP contribution in [0.4, 0.5) is 0 Å².